The van der Waals surface area contributed by atoms with E-state index in [2.05, 4.69) is 15.5 Å². The highest BCUT2D eigenvalue weighted by Crippen LogP contribution is 2.21. The van der Waals surface area contributed by atoms with Crippen LogP contribution >= 0.6 is 0 Å². The average Bonchev–Trinajstić information content (AvgIpc) is 3.08. The number of amides is 4. The summed E-state index contributed by atoms with van der Waals surface area (Å²) in [5, 5.41) is 15.4. The topological polar surface area (TPSA) is 88.2 Å². The highest BCUT2D eigenvalue weighted by Gasteiger charge is 2.23. The van der Waals surface area contributed by atoms with Gasteiger partial charge in [0.25, 0.3) is 0 Å². The van der Waals surface area contributed by atoms with Crippen LogP contribution in [0.4, 0.5) is 21.0 Å². The summed E-state index contributed by atoms with van der Waals surface area (Å²) in [6.07, 6.45) is 0.437. The normalized spacial score (nSPS) is 19.4. The number of urea groups is 2. The first-order valence-corrected chi connectivity index (χ1v) is 9.18. The van der Waals surface area contributed by atoms with Gasteiger partial charge in [-0.25, -0.2) is 9.59 Å². The van der Waals surface area contributed by atoms with Crippen LogP contribution in [0.5, 0.6) is 0 Å². The molecule has 0 bridgehead atoms. The summed E-state index contributed by atoms with van der Waals surface area (Å²) in [4.78, 5) is 29.9. The van der Waals surface area contributed by atoms with Crippen molar-refractivity contribution in [2.45, 2.75) is 19.4 Å². The number of nitrogens with one attached hydrogen (secondary N) is 2. The maximum atomic E-state index is 12.5. The van der Waals surface area contributed by atoms with Gasteiger partial charge in [0.15, 0.2) is 0 Å². The Hall–Kier alpha value is -2.32. The lowest BCUT2D eigenvalue weighted by Crippen LogP contribution is -2.51. The third kappa shape index (κ3) is 4.44. The molecule has 2 aliphatic heterocycles. The van der Waals surface area contributed by atoms with Gasteiger partial charge in [-0.3, -0.25) is 9.80 Å². The summed E-state index contributed by atoms with van der Waals surface area (Å²) in [7, 11) is 0. The second kappa shape index (κ2) is 8.37. The summed E-state index contributed by atoms with van der Waals surface area (Å²) >= 11 is 0. The SMILES string of the molecule is CC[C@H](O)CN1CCN(C(=O)Nc2cccc(N3CCNC3=O)c2)CC1. The lowest BCUT2D eigenvalue weighted by Gasteiger charge is -2.35. The average molecular weight is 361 g/mol. The third-order valence-electron chi connectivity index (χ3n) is 4.87. The molecule has 0 radical (unpaired) electrons. The molecule has 2 saturated heterocycles. The van der Waals surface area contributed by atoms with Gasteiger partial charge in [0, 0.05) is 57.2 Å². The van der Waals surface area contributed by atoms with E-state index in [4.69, 9.17) is 0 Å². The van der Waals surface area contributed by atoms with E-state index in [-0.39, 0.29) is 18.2 Å². The van der Waals surface area contributed by atoms with E-state index in [9.17, 15) is 14.7 Å². The number of piperazine rings is 1. The van der Waals surface area contributed by atoms with Gasteiger partial charge in [-0.05, 0) is 24.6 Å². The van der Waals surface area contributed by atoms with Crippen molar-refractivity contribution in [3.63, 3.8) is 0 Å². The maximum absolute atomic E-state index is 12.5. The summed E-state index contributed by atoms with van der Waals surface area (Å²) in [5.74, 6) is 0. The quantitative estimate of drug-likeness (QED) is 0.734. The van der Waals surface area contributed by atoms with Crippen LogP contribution in [0.25, 0.3) is 0 Å². The second-order valence-electron chi connectivity index (χ2n) is 6.71. The molecule has 2 aliphatic rings. The molecule has 1 aromatic rings. The molecule has 0 saturated carbocycles. The Labute approximate surface area is 153 Å². The standard InChI is InChI=1S/C18H27N5O3/c1-2-16(24)13-21-8-10-22(11-9-21)18(26)20-14-4-3-5-15(12-14)23-7-6-19-17(23)25/h3-5,12,16,24H,2,6-11,13H2,1H3,(H,19,25)(H,20,26)/t16-/m0/s1. The Kier molecular flexibility index (Phi) is 5.95. The molecule has 0 spiro atoms. The van der Waals surface area contributed by atoms with Gasteiger partial charge in [0.1, 0.15) is 0 Å². The van der Waals surface area contributed by atoms with Crippen molar-refractivity contribution in [2.24, 2.45) is 0 Å². The van der Waals surface area contributed by atoms with Crippen LogP contribution in [-0.4, -0.2) is 78.9 Å². The highest BCUT2D eigenvalue weighted by atomic mass is 16.3. The predicted octanol–water partition coefficient (Wildman–Crippen LogP) is 1.14. The third-order valence-corrected chi connectivity index (χ3v) is 4.87. The Morgan fingerprint density at radius 3 is 2.69 bits per heavy atom. The number of hydrogen-bond acceptors (Lipinski definition) is 4. The van der Waals surface area contributed by atoms with Crippen molar-refractivity contribution in [2.75, 3.05) is 56.0 Å². The van der Waals surface area contributed by atoms with E-state index in [0.29, 0.717) is 38.4 Å². The summed E-state index contributed by atoms with van der Waals surface area (Å²) < 4.78 is 0. The summed E-state index contributed by atoms with van der Waals surface area (Å²) in [6.45, 7) is 6.68. The molecular formula is C18H27N5O3. The Balaban J connectivity index is 1.53. The Morgan fingerprint density at radius 2 is 2.04 bits per heavy atom. The van der Waals surface area contributed by atoms with Crippen molar-refractivity contribution < 1.29 is 14.7 Å². The van der Waals surface area contributed by atoms with E-state index in [1.54, 1.807) is 9.80 Å². The van der Waals surface area contributed by atoms with Gasteiger partial charge in [-0.15, -0.1) is 0 Å². The van der Waals surface area contributed by atoms with E-state index in [0.717, 1.165) is 25.2 Å². The Morgan fingerprint density at radius 1 is 1.27 bits per heavy atom. The van der Waals surface area contributed by atoms with Gasteiger partial charge in [0.2, 0.25) is 0 Å². The minimum Gasteiger partial charge on any atom is -0.392 e. The molecule has 0 unspecified atom stereocenters. The van der Waals surface area contributed by atoms with Crippen molar-refractivity contribution in [3.05, 3.63) is 24.3 Å². The molecule has 4 amide bonds. The predicted molar refractivity (Wildman–Crippen MR) is 101 cm³/mol. The lowest BCUT2D eigenvalue weighted by molar-refractivity contribution is 0.0812. The zero-order valence-electron chi connectivity index (χ0n) is 15.1. The molecular weight excluding hydrogens is 334 g/mol. The summed E-state index contributed by atoms with van der Waals surface area (Å²) in [5.41, 5.74) is 1.45. The van der Waals surface area contributed by atoms with Crippen LogP contribution in [0.1, 0.15) is 13.3 Å². The molecule has 8 heteroatoms. The first-order chi connectivity index (χ1) is 12.6. The molecule has 0 aromatic heterocycles. The molecule has 1 aromatic carbocycles. The fraction of sp³-hybridized carbons (Fsp3) is 0.556. The molecule has 1 atom stereocenters. The number of hydrogen-bond donors (Lipinski definition) is 3. The monoisotopic (exact) mass is 361 g/mol. The first kappa shape index (κ1) is 18.5. The number of anilines is 2. The zero-order valence-corrected chi connectivity index (χ0v) is 15.1. The molecule has 8 nitrogen and oxygen atoms in total. The van der Waals surface area contributed by atoms with Gasteiger partial charge in [0.05, 0.1) is 6.10 Å². The van der Waals surface area contributed by atoms with Gasteiger partial charge in [-0.1, -0.05) is 13.0 Å². The molecule has 3 N–H and O–H groups in total. The van der Waals surface area contributed by atoms with Gasteiger partial charge in [-0.2, -0.15) is 0 Å². The molecule has 2 heterocycles. The fourth-order valence-corrected chi connectivity index (χ4v) is 3.23. The van der Waals surface area contributed by atoms with Crippen molar-refractivity contribution in [3.8, 4) is 0 Å². The van der Waals surface area contributed by atoms with Crippen LogP contribution in [0.15, 0.2) is 24.3 Å². The molecule has 0 aliphatic carbocycles. The second-order valence-corrected chi connectivity index (χ2v) is 6.71. The van der Waals surface area contributed by atoms with Crippen LogP contribution in [0.2, 0.25) is 0 Å². The number of rotatable bonds is 5. The molecule has 2 fully saturated rings. The highest BCUT2D eigenvalue weighted by molar-refractivity contribution is 5.95. The fourth-order valence-electron chi connectivity index (χ4n) is 3.23. The van der Waals surface area contributed by atoms with E-state index < -0.39 is 0 Å². The molecule has 142 valence electrons. The largest absolute Gasteiger partial charge is 0.392 e. The van der Waals surface area contributed by atoms with E-state index >= 15 is 0 Å². The number of β-amino-alcohol motifs (C(OH)–C–C–N with tert-alkyl or cyclic N) is 1. The van der Waals surface area contributed by atoms with Crippen molar-refractivity contribution >= 4 is 23.4 Å². The van der Waals surface area contributed by atoms with Crippen LogP contribution in [0, 0.1) is 0 Å². The van der Waals surface area contributed by atoms with Crippen molar-refractivity contribution in [1.29, 1.82) is 0 Å². The molecule has 26 heavy (non-hydrogen) atoms. The summed E-state index contributed by atoms with van der Waals surface area (Å²) in [6, 6.07) is 7.08. The Bertz CT molecular complexity index is 645. The number of carbonyl (C=O) groups excluding carboxylic acids is 2. The van der Waals surface area contributed by atoms with Gasteiger partial charge < -0.3 is 20.6 Å². The minimum absolute atomic E-state index is 0.112. The van der Waals surface area contributed by atoms with E-state index in [1.165, 1.54) is 0 Å². The number of carbonyl (C=O) groups is 2. The van der Waals surface area contributed by atoms with Crippen LogP contribution < -0.4 is 15.5 Å². The number of aliphatic hydroxyl groups excluding tert-OH is 1. The van der Waals surface area contributed by atoms with Crippen LogP contribution in [-0.2, 0) is 0 Å². The minimum atomic E-state index is -0.305. The van der Waals surface area contributed by atoms with Gasteiger partial charge >= 0.3 is 12.1 Å². The number of nitrogens with zero attached hydrogens (tertiary/aromatic N) is 3. The van der Waals surface area contributed by atoms with E-state index in [1.807, 2.05) is 31.2 Å². The number of aliphatic hydroxyl groups is 1. The van der Waals surface area contributed by atoms with Crippen molar-refractivity contribution in [1.82, 2.24) is 15.1 Å². The zero-order chi connectivity index (χ0) is 18.5. The molecule has 3 rings (SSSR count). The lowest BCUT2D eigenvalue weighted by atomic mass is 10.2. The maximum Gasteiger partial charge on any atom is 0.321 e. The number of benzene rings is 1. The van der Waals surface area contributed by atoms with Crippen LogP contribution in [0.3, 0.4) is 0 Å². The first-order valence-electron chi connectivity index (χ1n) is 9.18. The smallest absolute Gasteiger partial charge is 0.321 e.